The summed E-state index contributed by atoms with van der Waals surface area (Å²) in [5, 5.41) is 16.3. The molecule has 0 saturated heterocycles. The SMILES string of the molecule is O=C(NC1(CO)CCCC1)c1cc(-c2ccccc2)on1. The first-order valence-electron chi connectivity index (χ1n) is 7.18. The molecule has 0 aliphatic heterocycles. The first kappa shape index (κ1) is 13.8. The maximum atomic E-state index is 12.3. The smallest absolute Gasteiger partial charge is 0.273 e. The van der Waals surface area contributed by atoms with Crippen LogP contribution < -0.4 is 5.32 Å². The number of hydrogen-bond acceptors (Lipinski definition) is 4. The second-order valence-corrected chi connectivity index (χ2v) is 5.54. The molecule has 5 heteroatoms. The number of nitrogens with zero attached hydrogens (tertiary/aromatic N) is 1. The number of hydrogen-bond donors (Lipinski definition) is 2. The van der Waals surface area contributed by atoms with E-state index in [0.717, 1.165) is 31.2 Å². The lowest BCUT2D eigenvalue weighted by Crippen LogP contribution is -2.49. The van der Waals surface area contributed by atoms with Crippen molar-refractivity contribution in [2.45, 2.75) is 31.2 Å². The summed E-state index contributed by atoms with van der Waals surface area (Å²) in [4.78, 5) is 12.3. The van der Waals surface area contributed by atoms with Crippen LogP contribution in [0.1, 0.15) is 36.2 Å². The molecule has 1 aromatic carbocycles. The maximum Gasteiger partial charge on any atom is 0.273 e. The number of benzene rings is 1. The van der Waals surface area contributed by atoms with Gasteiger partial charge in [0.25, 0.3) is 5.91 Å². The minimum Gasteiger partial charge on any atom is -0.394 e. The Hall–Kier alpha value is -2.14. The van der Waals surface area contributed by atoms with Gasteiger partial charge in [-0.1, -0.05) is 48.3 Å². The van der Waals surface area contributed by atoms with Gasteiger partial charge in [-0.25, -0.2) is 0 Å². The van der Waals surface area contributed by atoms with E-state index < -0.39 is 5.54 Å². The van der Waals surface area contributed by atoms with E-state index in [1.54, 1.807) is 6.07 Å². The van der Waals surface area contributed by atoms with Gasteiger partial charge in [0, 0.05) is 11.6 Å². The third kappa shape index (κ3) is 2.83. The molecule has 1 amide bonds. The highest BCUT2D eigenvalue weighted by atomic mass is 16.5. The zero-order chi connectivity index (χ0) is 14.7. The van der Waals surface area contributed by atoms with Crippen molar-refractivity contribution < 1.29 is 14.4 Å². The molecule has 1 aliphatic carbocycles. The van der Waals surface area contributed by atoms with Crippen LogP contribution in [0.25, 0.3) is 11.3 Å². The molecule has 3 rings (SSSR count). The standard InChI is InChI=1S/C16H18N2O3/c19-11-16(8-4-5-9-16)17-15(20)13-10-14(21-18-13)12-6-2-1-3-7-12/h1-3,6-7,10,19H,4-5,8-9,11H2,(H,17,20). The monoisotopic (exact) mass is 286 g/mol. The van der Waals surface area contributed by atoms with Crippen molar-refractivity contribution in [3.05, 3.63) is 42.1 Å². The fraction of sp³-hybridized carbons (Fsp3) is 0.375. The van der Waals surface area contributed by atoms with Gasteiger partial charge in [-0.15, -0.1) is 0 Å². The molecule has 1 saturated carbocycles. The van der Waals surface area contributed by atoms with Crippen molar-refractivity contribution in [2.24, 2.45) is 0 Å². The van der Waals surface area contributed by atoms with Gasteiger partial charge in [-0.2, -0.15) is 0 Å². The van der Waals surface area contributed by atoms with E-state index in [2.05, 4.69) is 10.5 Å². The van der Waals surface area contributed by atoms with E-state index in [0.29, 0.717) is 5.76 Å². The number of aliphatic hydroxyl groups is 1. The van der Waals surface area contributed by atoms with Gasteiger partial charge >= 0.3 is 0 Å². The summed E-state index contributed by atoms with van der Waals surface area (Å²) in [6.07, 6.45) is 3.65. The van der Waals surface area contributed by atoms with Crippen LogP contribution in [0.15, 0.2) is 40.9 Å². The van der Waals surface area contributed by atoms with E-state index >= 15 is 0 Å². The molecule has 5 nitrogen and oxygen atoms in total. The lowest BCUT2D eigenvalue weighted by atomic mass is 9.98. The Balaban J connectivity index is 1.75. The second kappa shape index (κ2) is 5.69. The van der Waals surface area contributed by atoms with Gasteiger partial charge in [-0.3, -0.25) is 4.79 Å². The molecule has 0 unspecified atom stereocenters. The van der Waals surface area contributed by atoms with Crippen molar-refractivity contribution in [1.29, 1.82) is 0 Å². The molecule has 1 aliphatic rings. The molecule has 2 aromatic rings. The summed E-state index contributed by atoms with van der Waals surface area (Å²) < 4.78 is 5.23. The Kier molecular flexibility index (Phi) is 3.75. The summed E-state index contributed by atoms with van der Waals surface area (Å²) >= 11 is 0. The number of carbonyl (C=O) groups is 1. The first-order chi connectivity index (χ1) is 10.2. The second-order valence-electron chi connectivity index (χ2n) is 5.54. The van der Waals surface area contributed by atoms with Crippen molar-refractivity contribution in [3.8, 4) is 11.3 Å². The average molecular weight is 286 g/mol. The van der Waals surface area contributed by atoms with Crippen LogP contribution in [0, 0.1) is 0 Å². The van der Waals surface area contributed by atoms with Crippen LogP contribution in [-0.2, 0) is 0 Å². The molecule has 1 heterocycles. The van der Waals surface area contributed by atoms with Gasteiger partial charge in [-0.05, 0) is 12.8 Å². The van der Waals surface area contributed by atoms with E-state index in [-0.39, 0.29) is 18.2 Å². The number of aromatic nitrogens is 1. The van der Waals surface area contributed by atoms with Crippen molar-refractivity contribution in [1.82, 2.24) is 10.5 Å². The molecule has 0 atom stereocenters. The summed E-state index contributed by atoms with van der Waals surface area (Å²) in [5.41, 5.74) is 0.624. The fourth-order valence-electron chi connectivity index (χ4n) is 2.80. The number of carbonyl (C=O) groups excluding carboxylic acids is 1. The quantitative estimate of drug-likeness (QED) is 0.904. The number of rotatable bonds is 4. The van der Waals surface area contributed by atoms with Crippen molar-refractivity contribution in [2.75, 3.05) is 6.61 Å². The van der Waals surface area contributed by atoms with Crippen LogP contribution in [0.3, 0.4) is 0 Å². The molecule has 0 bridgehead atoms. The van der Waals surface area contributed by atoms with E-state index in [1.807, 2.05) is 30.3 Å². The summed E-state index contributed by atoms with van der Waals surface area (Å²) in [6, 6.07) is 11.1. The van der Waals surface area contributed by atoms with Crippen LogP contribution in [0.4, 0.5) is 0 Å². The van der Waals surface area contributed by atoms with Crippen LogP contribution in [0.5, 0.6) is 0 Å². The molecule has 1 fully saturated rings. The van der Waals surface area contributed by atoms with Gasteiger partial charge in [0.1, 0.15) is 0 Å². The largest absolute Gasteiger partial charge is 0.394 e. The zero-order valence-electron chi connectivity index (χ0n) is 11.7. The molecule has 21 heavy (non-hydrogen) atoms. The lowest BCUT2D eigenvalue weighted by molar-refractivity contribution is 0.0829. The molecule has 110 valence electrons. The minimum absolute atomic E-state index is 0.0395. The number of nitrogens with one attached hydrogen (secondary N) is 1. The first-order valence-corrected chi connectivity index (χ1v) is 7.18. The highest BCUT2D eigenvalue weighted by Crippen LogP contribution is 2.29. The van der Waals surface area contributed by atoms with Gasteiger partial charge in [0.15, 0.2) is 11.5 Å². The molecule has 0 spiro atoms. The van der Waals surface area contributed by atoms with Crippen molar-refractivity contribution in [3.63, 3.8) is 0 Å². The molecular formula is C16H18N2O3. The third-order valence-electron chi connectivity index (χ3n) is 4.04. The zero-order valence-corrected chi connectivity index (χ0v) is 11.7. The number of amides is 1. The fourth-order valence-corrected chi connectivity index (χ4v) is 2.80. The molecule has 1 aromatic heterocycles. The molecule has 0 radical (unpaired) electrons. The van der Waals surface area contributed by atoms with Gasteiger partial charge in [0.2, 0.25) is 0 Å². The number of aliphatic hydroxyl groups excluding tert-OH is 1. The maximum absolute atomic E-state index is 12.3. The van der Waals surface area contributed by atoms with E-state index in [1.165, 1.54) is 0 Å². The summed E-state index contributed by atoms with van der Waals surface area (Å²) in [6.45, 7) is -0.0395. The summed E-state index contributed by atoms with van der Waals surface area (Å²) in [5.74, 6) is 0.266. The Morgan fingerprint density at radius 2 is 2.00 bits per heavy atom. The Morgan fingerprint density at radius 3 is 2.67 bits per heavy atom. The molecule has 2 N–H and O–H groups in total. The lowest BCUT2D eigenvalue weighted by Gasteiger charge is -2.27. The molecular weight excluding hydrogens is 268 g/mol. The van der Waals surface area contributed by atoms with E-state index in [4.69, 9.17) is 4.52 Å². The van der Waals surface area contributed by atoms with E-state index in [9.17, 15) is 9.90 Å². The Bertz CT molecular complexity index is 615. The van der Waals surface area contributed by atoms with Gasteiger partial charge in [0.05, 0.1) is 12.1 Å². The van der Waals surface area contributed by atoms with Crippen LogP contribution in [0.2, 0.25) is 0 Å². The van der Waals surface area contributed by atoms with Crippen molar-refractivity contribution >= 4 is 5.91 Å². The Labute approximate surface area is 123 Å². The Morgan fingerprint density at radius 1 is 1.29 bits per heavy atom. The third-order valence-corrected chi connectivity index (χ3v) is 4.04. The van der Waals surface area contributed by atoms with Crippen LogP contribution in [-0.4, -0.2) is 28.3 Å². The highest BCUT2D eigenvalue weighted by molar-refractivity contribution is 5.93. The topological polar surface area (TPSA) is 75.4 Å². The van der Waals surface area contributed by atoms with Crippen LogP contribution >= 0.6 is 0 Å². The average Bonchev–Trinajstić information content (AvgIpc) is 3.18. The minimum atomic E-state index is -0.497. The highest BCUT2D eigenvalue weighted by Gasteiger charge is 2.35. The summed E-state index contributed by atoms with van der Waals surface area (Å²) in [7, 11) is 0. The predicted molar refractivity (Wildman–Crippen MR) is 77.7 cm³/mol. The normalized spacial score (nSPS) is 16.8. The predicted octanol–water partition coefficient (Wildman–Crippen LogP) is 2.38. The van der Waals surface area contributed by atoms with Gasteiger partial charge < -0.3 is 14.9 Å².